The van der Waals surface area contributed by atoms with Gasteiger partial charge in [-0.2, -0.15) is 13.2 Å². The van der Waals surface area contributed by atoms with Crippen molar-refractivity contribution in [3.05, 3.63) is 0 Å². The van der Waals surface area contributed by atoms with Crippen molar-refractivity contribution >= 4 is 5.97 Å². The molecule has 0 aliphatic heterocycles. The maximum atomic E-state index is 12.1. The molecule has 0 heterocycles. The average Bonchev–Trinajstić information content (AvgIpc) is 2.23. The summed E-state index contributed by atoms with van der Waals surface area (Å²) in [5.74, 6) is -0.748. The molecule has 0 amide bonds. The number of carbonyl (C=O) groups is 1. The second kappa shape index (κ2) is 7.53. The normalized spacial score (nSPS) is 13.8. The van der Waals surface area contributed by atoms with E-state index in [0.29, 0.717) is 12.8 Å². The van der Waals surface area contributed by atoms with E-state index in [2.05, 4.69) is 5.32 Å². The fourth-order valence-corrected chi connectivity index (χ4v) is 1.66. The molecule has 17 heavy (non-hydrogen) atoms. The molecule has 0 aromatic carbocycles. The average molecular weight is 255 g/mol. The predicted molar refractivity (Wildman–Crippen MR) is 58.6 cm³/mol. The predicted octanol–water partition coefficient (Wildman–Crippen LogP) is 2.51. The van der Waals surface area contributed by atoms with Crippen LogP contribution in [0.4, 0.5) is 13.2 Å². The number of ether oxygens (including phenoxy) is 1. The summed E-state index contributed by atoms with van der Waals surface area (Å²) in [6, 6.07) is -0.883. The topological polar surface area (TPSA) is 38.3 Å². The first-order valence-corrected chi connectivity index (χ1v) is 5.82. The summed E-state index contributed by atoms with van der Waals surface area (Å²) in [6.07, 6.45) is -3.06. The molecule has 0 aromatic heterocycles. The molecule has 1 N–H and O–H groups in total. The second-order valence-corrected chi connectivity index (χ2v) is 3.80. The number of rotatable bonds is 7. The zero-order valence-electron chi connectivity index (χ0n) is 10.4. The molecule has 0 radical (unpaired) electrons. The van der Waals surface area contributed by atoms with Gasteiger partial charge in [0.25, 0.3) is 0 Å². The van der Waals surface area contributed by atoms with Gasteiger partial charge >= 0.3 is 12.1 Å². The van der Waals surface area contributed by atoms with Crippen molar-refractivity contribution in [2.45, 2.75) is 45.8 Å². The fourth-order valence-electron chi connectivity index (χ4n) is 1.66. The molecule has 0 aliphatic carbocycles. The Hall–Kier alpha value is -0.780. The van der Waals surface area contributed by atoms with Gasteiger partial charge in [0.05, 0.1) is 13.2 Å². The van der Waals surface area contributed by atoms with Crippen molar-refractivity contribution in [1.29, 1.82) is 0 Å². The SMILES string of the molecule is CCOC(=O)C(NCC(F)(F)F)C(CC)CC. The molecule has 0 saturated heterocycles. The molecular formula is C11H20F3NO2. The van der Waals surface area contributed by atoms with Gasteiger partial charge in [-0.1, -0.05) is 26.7 Å². The van der Waals surface area contributed by atoms with Crippen molar-refractivity contribution < 1.29 is 22.7 Å². The number of carbonyl (C=O) groups excluding carboxylic acids is 1. The van der Waals surface area contributed by atoms with E-state index >= 15 is 0 Å². The van der Waals surface area contributed by atoms with E-state index in [1.807, 2.05) is 13.8 Å². The van der Waals surface area contributed by atoms with Crippen molar-refractivity contribution in [3.8, 4) is 0 Å². The third kappa shape index (κ3) is 6.51. The zero-order chi connectivity index (χ0) is 13.5. The molecule has 0 bridgehead atoms. The largest absolute Gasteiger partial charge is 0.465 e. The van der Waals surface area contributed by atoms with Crippen LogP contribution in [0.15, 0.2) is 0 Å². The van der Waals surface area contributed by atoms with Crippen molar-refractivity contribution in [1.82, 2.24) is 5.32 Å². The van der Waals surface area contributed by atoms with Crippen LogP contribution in [0.3, 0.4) is 0 Å². The molecule has 1 atom stereocenters. The van der Waals surface area contributed by atoms with Gasteiger partial charge in [-0.25, -0.2) is 0 Å². The lowest BCUT2D eigenvalue weighted by Crippen LogP contribution is -2.47. The smallest absolute Gasteiger partial charge is 0.401 e. The summed E-state index contributed by atoms with van der Waals surface area (Å²) in [7, 11) is 0. The molecule has 0 aromatic rings. The highest BCUT2D eigenvalue weighted by Crippen LogP contribution is 2.18. The molecule has 0 spiro atoms. The minimum absolute atomic E-state index is 0.142. The highest BCUT2D eigenvalue weighted by atomic mass is 19.4. The summed E-state index contributed by atoms with van der Waals surface area (Å²) in [4.78, 5) is 11.6. The Kier molecular flexibility index (Phi) is 7.18. The van der Waals surface area contributed by atoms with Gasteiger partial charge < -0.3 is 4.74 Å². The van der Waals surface area contributed by atoms with Gasteiger partial charge in [0, 0.05) is 0 Å². The number of hydrogen-bond donors (Lipinski definition) is 1. The maximum Gasteiger partial charge on any atom is 0.401 e. The Morgan fingerprint density at radius 1 is 1.24 bits per heavy atom. The first kappa shape index (κ1) is 16.2. The number of esters is 1. The van der Waals surface area contributed by atoms with E-state index in [0.717, 1.165) is 0 Å². The summed E-state index contributed by atoms with van der Waals surface area (Å²) in [5.41, 5.74) is 0. The Bertz CT molecular complexity index is 227. The number of nitrogens with one attached hydrogen (secondary N) is 1. The van der Waals surface area contributed by atoms with E-state index in [4.69, 9.17) is 4.74 Å². The Balaban J connectivity index is 4.55. The van der Waals surface area contributed by atoms with Gasteiger partial charge in [0.1, 0.15) is 6.04 Å². The highest BCUT2D eigenvalue weighted by molar-refractivity contribution is 5.76. The molecule has 0 fully saturated rings. The van der Waals surface area contributed by atoms with Crippen LogP contribution < -0.4 is 5.32 Å². The van der Waals surface area contributed by atoms with Crippen LogP contribution in [0.1, 0.15) is 33.6 Å². The molecule has 0 aliphatic rings. The Labute approximate surface area is 99.7 Å². The Morgan fingerprint density at radius 3 is 2.12 bits per heavy atom. The van der Waals surface area contributed by atoms with Crippen LogP contribution >= 0.6 is 0 Å². The number of halogens is 3. The third-order valence-electron chi connectivity index (χ3n) is 2.58. The van der Waals surface area contributed by atoms with E-state index < -0.39 is 24.7 Å². The van der Waals surface area contributed by atoms with Crippen LogP contribution in [-0.2, 0) is 9.53 Å². The fraction of sp³-hybridized carbons (Fsp3) is 0.909. The van der Waals surface area contributed by atoms with Gasteiger partial charge in [-0.3, -0.25) is 10.1 Å². The number of alkyl halides is 3. The third-order valence-corrected chi connectivity index (χ3v) is 2.58. The molecule has 1 unspecified atom stereocenters. The molecule has 0 saturated carbocycles. The van der Waals surface area contributed by atoms with E-state index in [9.17, 15) is 18.0 Å². The second-order valence-electron chi connectivity index (χ2n) is 3.80. The summed E-state index contributed by atoms with van der Waals surface area (Å²) in [5, 5.41) is 2.25. The van der Waals surface area contributed by atoms with Gasteiger partial charge in [-0.15, -0.1) is 0 Å². The lowest BCUT2D eigenvalue weighted by Gasteiger charge is -2.25. The van der Waals surface area contributed by atoms with Gasteiger partial charge in [0.2, 0.25) is 0 Å². The van der Waals surface area contributed by atoms with Crippen LogP contribution in [0.25, 0.3) is 0 Å². The van der Waals surface area contributed by atoms with Crippen LogP contribution in [0.5, 0.6) is 0 Å². The van der Waals surface area contributed by atoms with Crippen LogP contribution in [0.2, 0.25) is 0 Å². The molecule has 0 rings (SSSR count). The minimum Gasteiger partial charge on any atom is -0.465 e. The van der Waals surface area contributed by atoms with Gasteiger partial charge in [0.15, 0.2) is 0 Å². The van der Waals surface area contributed by atoms with Crippen molar-refractivity contribution in [2.75, 3.05) is 13.2 Å². The van der Waals surface area contributed by atoms with Crippen molar-refractivity contribution in [2.24, 2.45) is 5.92 Å². The highest BCUT2D eigenvalue weighted by Gasteiger charge is 2.33. The molecule has 102 valence electrons. The zero-order valence-corrected chi connectivity index (χ0v) is 10.4. The molecule has 3 nitrogen and oxygen atoms in total. The first-order valence-electron chi connectivity index (χ1n) is 5.82. The molecular weight excluding hydrogens is 235 g/mol. The lowest BCUT2D eigenvalue weighted by molar-refractivity contribution is -0.150. The van der Waals surface area contributed by atoms with Crippen molar-refractivity contribution in [3.63, 3.8) is 0 Å². The van der Waals surface area contributed by atoms with E-state index in [1.165, 1.54) is 0 Å². The standard InChI is InChI=1S/C11H20F3NO2/c1-4-8(5-2)9(10(16)17-6-3)15-7-11(12,13)14/h8-9,15H,4-7H2,1-3H3. The summed E-state index contributed by atoms with van der Waals surface area (Å²) < 4.78 is 41.2. The Morgan fingerprint density at radius 2 is 1.76 bits per heavy atom. The molecule has 6 heteroatoms. The quantitative estimate of drug-likeness (QED) is 0.710. The van der Waals surface area contributed by atoms with Crippen LogP contribution in [-0.4, -0.2) is 31.3 Å². The number of hydrogen-bond acceptors (Lipinski definition) is 3. The minimum atomic E-state index is -4.32. The van der Waals surface area contributed by atoms with E-state index in [1.54, 1.807) is 6.92 Å². The monoisotopic (exact) mass is 255 g/mol. The first-order chi connectivity index (χ1) is 7.85. The van der Waals surface area contributed by atoms with E-state index in [-0.39, 0.29) is 12.5 Å². The maximum absolute atomic E-state index is 12.1. The summed E-state index contributed by atoms with van der Waals surface area (Å²) in [6.45, 7) is 4.31. The van der Waals surface area contributed by atoms with Crippen LogP contribution in [0, 0.1) is 5.92 Å². The van der Waals surface area contributed by atoms with Gasteiger partial charge in [-0.05, 0) is 12.8 Å². The summed E-state index contributed by atoms with van der Waals surface area (Å²) >= 11 is 0. The lowest BCUT2D eigenvalue weighted by atomic mass is 9.94.